The van der Waals surface area contributed by atoms with Gasteiger partial charge in [0, 0.05) is 26.8 Å². The minimum Gasteiger partial charge on any atom is -0.329 e. The van der Waals surface area contributed by atoms with Crippen molar-refractivity contribution in [2.24, 2.45) is 5.73 Å². The fraction of sp³-hybridized carbons (Fsp3) is 0.714. The molecule has 3 N–H and O–H groups in total. The lowest BCUT2D eigenvalue weighted by Gasteiger charge is -2.23. The number of nitrogens with one attached hydrogen (secondary N) is 1. The normalized spacial score (nSPS) is 19.7. The van der Waals surface area contributed by atoms with Gasteiger partial charge in [-0.15, -0.1) is 11.3 Å². The van der Waals surface area contributed by atoms with Gasteiger partial charge in [0.15, 0.2) is 0 Å². The second-order valence-electron chi connectivity index (χ2n) is 5.20. The molecule has 0 aromatic carbocycles. The van der Waals surface area contributed by atoms with Crippen LogP contribution < -0.4 is 11.1 Å². The summed E-state index contributed by atoms with van der Waals surface area (Å²) in [5.41, 5.74) is 5.95. The number of hydrogen-bond donors (Lipinski definition) is 2. The summed E-state index contributed by atoms with van der Waals surface area (Å²) in [4.78, 5) is 2.71. The minimum absolute atomic E-state index is 0.322. The first-order chi connectivity index (χ1) is 8.70. The standard InChI is InChI=1S/C14H23BrN2S/c1-10-12(15)8-14(18-10)13(9-16)17-11-6-4-2-3-5-7-11/h8,11,13,17H,2-7,9,16H2,1H3. The average molecular weight is 331 g/mol. The van der Waals surface area contributed by atoms with Crippen LogP contribution >= 0.6 is 27.3 Å². The van der Waals surface area contributed by atoms with Crippen molar-refractivity contribution in [3.05, 3.63) is 20.3 Å². The van der Waals surface area contributed by atoms with Crippen LogP contribution in [0.15, 0.2) is 10.5 Å². The van der Waals surface area contributed by atoms with Gasteiger partial charge in [-0.2, -0.15) is 0 Å². The smallest absolute Gasteiger partial charge is 0.0541 e. The van der Waals surface area contributed by atoms with Gasteiger partial charge in [-0.05, 0) is 41.8 Å². The first-order valence-electron chi connectivity index (χ1n) is 6.92. The van der Waals surface area contributed by atoms with Crippen molar-refractivity contribution in [2.45, 2.75) is 57.5 Å². The molecule has 1 heterocycles. The predicted molar refractivity (Wildman–Crippen MR) is 83.2 cm³/mol. The monoisotopic (exact) mass is 330 g/mol. The highest BCUT2D eigenvalue weighted by Gasteiger charge is 2.19. The van der Waals surface area contributed by atoms with Gasteiger partial charge in [-0.3, -0.25) is 0 Å². The van der Waals surface area contributed by atoms with Crippen molar-refractivity contribution in [1.29, 1.82) is 0 Å². The van der Waals surface area contributed by atoms with Crippen LogP contribution in [0.25, 0.3) is 0 Å². The molecule has 1 atom stereocenters. The van der Waals surface area contributed by atoms with E-state index in [-0.39, 0.29) is 0 Å². The molecule has 2 rings (SSSR count). The highest BCUT2D eigenvalue weighted by atomic mass is 79.9. The van der Waals surface area contributed by atoms with Crippen LogP contribution in [0.1, 0.15) is 54.3 Å². The Morgan fingerprint density at radius 2 is 2.06 bits per heavy atom. The lowest BCUT2D eigenvalue weighted by molar-refractivity contribution is 0.405. The maximum atomic E-state index is 5.95. The molecule has 0 bridgehead atoms. The van der Waals surface area contributed by atoms with E-state index >= 15 is 0 Å². The van der Waals surface area contributed by atoms with Crippen LogP contribution in [0.3, 0.4) is 0 Å². The molecule has 1 aliphatic rings. The fourth-order valence-electron chi connectivity index (χ4n) is 2.65. The largest absolute Gasteiger partial charge is 0.329 e. The summed E-state index contributed by atoms with van der Waals surface area (Å²) in [5, 5.41) is 3.77. The van der Waals surface area contributed by atoms with E-state index < -0.39 is 0 Å². The van der Waals surface area contributed by atoms with Crippen molar-refractivity contribution in [2.75, 3.05) is 6.54 Å². The Bertz CT molecular complexity index is 350. The van der Waals surface area contributed by atoms with Crippen LogP contribution in [-0.2, 0) is 0 Å². The molecule has 0 saturated heterocycles. The van der Waals surface area contributed by atoms with E-state index in [9.17, 15) is 0 Å². The molecule has 102 valence electrons. The number of nitrogens with two attached hydrogens (primary N) is 1. The van der Waals surface area contributed by atoms with E-state index in [2.05, 4.69) is 34.2 Å². The summed E-state index contributed by atoms with van der Waals surface area (Å²) in [7, 11) is 0. The number of rotatable bonds is 4. The summed E-state index contributed by atoms with van der Waals surface area (Å²) in [6.07, 6.45) is 8.14. The van der Waals surface area contributed by atoms with Gasteiger partial charge in [-0.25, -0.2) is 0 Å². The molecule has 2 nitrogen and oxygen atoms in total. The van der Waals surface area contributed by atoms with Gasteiger partial charge in [0.25, 0.3) is 0 Å². The Morgan fingerprint density at radius 1 is 1.39 bits per heavy atom. The molecule has 1 fully saturated rings. The highest BCUT2D eigenvalue weighted by molar-refractivity contribution is 9.10. The first kappa shape index (κ1) is 14.5. The van der Waals surface area contributed by atoms with Gasteiger partial charge in [-0.1, -0.05) is 25.7 Å². The van der Waals surface area contributed by atoms with Crippen molar-refractivity contribution in [1.82, 2.24) is 5.32 Å². The molecule has 0 spiro atoms. The zero-order valence-corrected chi connectivity index (χ0v) is 13.4. The summed E-state index contributed by atoms with van der Waals surface area (Å²) >= 11 is 5.44. The van der Waals surface area contributed by atoms with Crippen LogP contribution in [0.4, 0.5) is 0 Å². The molecule has 1 aliphatic carbocycles. The molecule has 0 aliphatic heterocycles. The van der Waals surface area contributed by atoms with Gasteiger partial charge in [0.1, 0.15) is 0 Å². The van der Waals surface area contributed by atoms with Gasteiger partial charge < -0.3 is 11.1 Å². The lowest BCUT2D eigenvalue weighted by atomic mass is 10.1. The minimum atomic E-state index is 0.322. The molecule has 1 unspecified atom stereocenters. The zero-order chi connectivity index (χ0) is 13.0. The fourth-order valence-corrected chi connectivity index (χ4v) is 4.28. The Balaban J connectivity index is 1.99. The molecular weight excluding hydrogens is 308 g/mol. The summed E-state index contributed by atoms with van der Waals surface area (Å²) in [6, 6.07) is 3.20. The Hall–Kier alpha value is 0.100. The molecular formula is C14H23BrN2S. The quantitative estimate of drug-likeness (QED) is 0.814. The van der Waals surface area contributed by atoms with Gasteiger partial charge >= 0.3 is 0 Å². The summed E-state index contributed by atoms with van der Waals surface area (Å²) in [6.45, 7) is 2.83. The van der Waals surface area contributed by atoms with E-state index in [0.29, 0.717) is 18.6 Å². The van der Waals surface area contributed by atoms with Gasteiger partial charge in [0.05, 0.1) is 6.04 Å². The van der Waals surface area contributed by atoms with Gasteiger partial charge in [0.2, 0.25) is 0 Å². The second kappa shape index (κ2) is 7.04. The van der Waals surface area contributed by atoms with Crippen LogP contribution in [0.2, 0.25) is 0 Å². The molecule has 18 heavy (non-hydrogen) atoms. The van der Waals surface area contributed by atoms with E-state index in [1.807, 2.05) is 11.3 Å². The van der Waals surface area contributed by atoms with E-state index in [1.54, 1.807) is 0 Å². The number of hydrogen-bond acceptors (Lipinski definition) is 3. The number of aryl methyl sites for hydroxylation is 1. The van der Waals surface area contributed by atoms with E-state index in [4.69, 9.17) is 5.73 Å². The first-order valence-corrected chi connectivity index (χ1v) is 8.53. The Labute approximate surface area is 122 Å². The third-order valence-corrected chi connectivity index (χ3v) is 6.00. The van der Waals surface area contributed by atoms with Crippen molar-refractivity contribution in [3.8, 4) is 0 Å². The number of thiophene rings is 1. The SMILES string of the molecule is Cc1sc(C(CN)NC2CCCCCC2)cc1Br. The summed E-state index contributed by atoms with van der Waals surface area (Å²) in [5.74, 6) is 0. The van der Waals surface area contributed by atoms with E-state index in [1.165, 1.54) is 52.8 Å². The number of halogens is 1. The molecule has 1 aromatic heterocycles. The van der Waals surface area contributed by atoms with Crippen molar-refractivity contribution in [3.63, 3.8) is 0 Å². The topological polar surface area (TPSA) is 38.0 Å². The third-order valence-electron chi connectivity index (χ3n) is 3.75. The predicted octanol–water partition coefficient (Wildman–Crippen LogP) is 4.13. The maximum Gasteiger partial charge on any atom is 0.0541 e. The Morgan fingerprint density at radius 3 is 2.56 bits per heavy atom. The molecule has 1 saturated carbocycles. The van der Waals surface area contributed by atoms with Crippen molar-refractivity contribution < 1.29 is 0 Å². The van der Waals surface area contributed by atoms with Crippen LogP contribution in [0.5, 0.6) is 0 Å². The molecule has 4 heteroatoms. The summed E-state index contributed by atoms with van der Waals surface area (Å²) < 4.78 is 1.21. The zero-order valence-electron chi connectivity index (χ0n) is 11.0. The molecule has 0 radical (unpaired) electrons. The second-order valence-corrected chi connectivity index (χ2v) is 7.34. The average Bonchev–Trinajstić information content (AvgIpc) is 2.59. The Kier molecular flexibility index (Phi) is 5.67. The maximum absolute atomic E-state index is 5.95. The van der Waals surface area contributed by atoms with Crippen LogP contribution in [-0.4, -0.2) is 12.6 Å². The third kappa shape index (κ3) is 3.80. The van der Waals surface area contributed by atoms with Crippen molar-refractivity contribution >= 4 is 27.3 Å². The lowest BCUT2D eigenvalue weighted by Crippen LogP contribution is -2.36. The van der Waals surface area contributed by atoms with Crippen LogP contribution in [0, 0.1) is 6.92 Å². The molecule has 1 aromatic rings. The highest BCUT2D eigenvalue weighted by Crippen LogP contribution is 2.31. The molecule has 0 amide bonds. The van der Waals surface area contributed by atoms with E-state index in [0.717, 1.165) is 0 Å².